The maximum Gasteiger partial charge on any atom is 0.326 e. The first kappa shape index (κ1) is 22.6. The number of rotatable bonds is 7. The number of para-hydroxylation sites is 1. The molecule has 0 bridgehead atoms. The molecule has 1 aromatic heterocycles. The van der Waals surface area contributed by atoms with Gasteiger partial charge < -0.3 is 26.1 Å². The third kappa shape index (κ3) is 5.54. The van der Waals surface area contributed by atoms with Gasteiger partial charge in [-0.2, -0.15) is 0 Å². The topological polar surface area (TPSA) is 125 Å². The number of nitrogens with one attached hydrogen (secondary N) is 1. The molecule has 0 saturated heterocycles. The average Bonchev–Trinajstić information content (AvgIpc) is 3.07. The lowest BCUT2D eigenvalue weighted by Gasteiger charge is -2.13. The number of esters is 1. The van der Waals surface area contributed by atoms with Crippen LogP contribution in [0.15, 0.2) is 71.0 Å². The number of amides is 1. The maximum atomic E-state index is 12.4. The smallest absolute Gasteiger partial charge is 0.326 e. The Balaban J connectivity index is 1.61. The normalized spacial score (nSPS) is 12.4. The summed E-state index contributed by atoms with van der Waals surface area (Å²) in [7, 11) is 0. The number of benzene rings is 2. The molecule has 32 heavy (non-hydrogen) atoms. The quantitative estimate of drug-likeness (QED) is 0.300. The van der Waals surface area contributed by atoms with Crippen LogP contribution in [0.1, 0.15) is 19.5 Å². The van der Waals surface area contributed by atoms with Crippen LogP contribution < -0.4 is 16.8 Å². The summed E-state index contributed by atoms with van der Waals surface area (Å²) in [5.41, 5.74) is 16.1. The molecule has 166 valence electrons. The average molecular weight is 434 g/mol. The number of nitrogens with two attached hydrogens (primary N) is 2. The standard InChI is InChI=1S/C24H27N5O3/c1-15-12-18-6-4-5-7-21(18)29(15)13-23(31)32-14-22(30)28-24(16(2)25)17(3)27-20-10-8-19(26)9-11-20/h4-12H,13-14,25-26H2,1-3H3,(H,28,30). The third-order valence-electron chi connectivity index (χ3n) is 4.88. The fourth-order valence-electron chi connectivity index (χ4n) is 3.33. The molecule has 0 unspecified atom stereocenters. The highest BCUT2D eigenvalue weighted by Gasteiger charge is 2.14. The molecule has 8 nitrogen and oxygen atoms in total. The number of fused-ring (bicyclic) bond motifs is 1. The molecule has 0 atom stereocenters. The minimum absolute atomic E-state index is 0.0167. The van der Waals surface area contributed by atoms with Crippen molar-refractivity contribution < 1.29 is 14.3 Å². The number of anilines is 1. The monoisotopic (exact) mass is 433 g/mol. The Morgan fingerprint density at radius 3 is 2.47 bits per heavy atom. The minimum atomic E-state index is -0.508. The summed E-state index contributed by atoms with van der Waals surface area (Å²) in [5.74, 6) is -1.01. The lowest BCUT2D eigenvalue weighted by atomic mass is 10.2. The van der Waals surface area contributed by atoms with Gasteiger partial charge in [0.25, 0.3) is 5.91 Å². The largest absolute Gasteiger partial charge is 0.454 e. The van der Waals surface area contributed by atoms with Crippen molar-refractivity contribution in [3.8, 4) is 0 Å². The number of aromatic nitrogens is 1. The lowest BCUT2D eigenvalue weighted by Crippen LogP contribution is -2.33. The minimum Gasteiger partial charge on any atom is -0.454 e. The van der Waals surface area contributed by atoms with Crippen molar-refractivity contribution in [3.63, 3.8) is 0 Å². The molecular weight excluding hydrogens is 406 g/mol. The SMILES string of the molecule is CC(=Nc1ccc(N)cc1)C(NC(=O)COC(=O)Cn1c(C)cc2ccccc21)=C(C)N. The van der Waals surface area contributed by atoms with Gasteiger partial charge in [-0.15, -0.1) is 0 Å². The molecule has 0 fully saturated rings. The number of nitrogens with zero attached hydrogens (tertiary/aromatic N) is 2. The number of nitrogen functional groups attached to an aromatic ring is 1. The number of hydrogen-bond donors (Lipinski definition) is 3. The van der Waals surface area contributed by atoms with Crippen molar-refractivity contribution in [2.75, 3.05) is 12.3 Å². The predicted octanol–water partition coefficient (Wildman–Crippen LogP) is 3.17. The first-order valence-corrected chi connectivity index (χ1v) is 10.1. The van der Waals surface area contributed by atoms with Crippen molar-refractivity contribution in [1.82, 2.24) is 9.88 Å². The summed E-state index contributed by atoms with van der Waals surface area (Å²) >= 11 is 0. The number of carbonyl (C=O) groups excluding carboxylic acids is 2. The van der Waals surface area contributed by atoms with Gasteiger partial charge in [0.1, 0.15) is 6.54 Å². The molecule has 5 N–H and O–H groups in total. The lowest BCUT2D eigenvalue weighted by molar-refractivity contribution is -0.148. The first-order chi connectivity index (χ1) is 15.2. The molecule has 0 aliphatic rings. The summed E-state index contributed by atoms with van der Waals surface area (Å²) in [6.45, 7) is 4.90. The Kier molecular flexibility index (Phi) is 6.94. The molecule has 3 rings (SSSR count). The van der Waals surface area contributed by atoms with E-state index in [0.29, 0.717) is 28.5 Å². The number of aryl methyl sites for hydroxylation is 1. The van der Waals surface area contributed by atoms with Gasteiger partial charge in [0.2, 0.25) is 0 Å². The van der Waals surface area contributed by atoms with Crippen molar-refractivity contribution in [2.24, 2.45) is 10.7 Å². The highest BCUT2D eigenvalue weighted by molar-refractivity contribution is 6.03. The van der Waals surface area contributed by atoms with Gasteiger partial charge in [0.05, 0.1) is 17.1 Å². The zero-order valence-corrected chi connectivity index (χ0v) is 18.4. The zero-order valence-electron chi connectivity index (χ0n) is 18.4. The van der Waals surface area contributed by atoms with Crippen LogP contribution in [0.3, 0.4) is 0 Å². The molecule has 3 aromatic rings. The van der Waals surface area contributed by atoms with Crippen molar-refractivity contribution in [1.29, 1.82) is 0 Å². The highest BCUT2D eigenvalue weighted by Crippen LogP contribution is 2.19. The molecule has 2 aromatic carbocycles. The van der Waals surface area contributed by atoms with E-state index in [-0.39, 0.29) is 6.54 Å². The second-order valence-electron chi connectivity index (χ2n) is 7.49. The van der Waals surface area contributed by atoms with E-state index < -0.39 is 18.5 Å². The number of hydrogen-bond acceptors (Lipinski definition) is 6. The van der Waals surface area contributed by atoms with Crippen molar-refractivity contribution in [3.05, 3.63) is 71.7 Å². The zero-order chi connectivity index (χ0) is 23.3. The van der Waals surface area contributed by atoms with Gasteiger partial charge in [-0.05, 0) is 62.6 Å². The number of ether oxygens (including phenoxy) is 1. The van der Waals surface area contributed by atoms with Gasteiger partial charge in [-0.25, -0.2) is 0 Å². The van der Waals surface area contributed by atoms with Crippen LogP contribution in [-0.2, 0) is 20.9 Å². The van der Waals surface area contributed by atoms with Gasteiger partial charge in [-0.3, -0.25) is 14.6 Å². The van der Waals surface area contributed by atoms with E-state index in [1.165, 1.54) is 0 Å². The van der Waals surface area contributed by atoms with Crippen LogP contribution in [0.2, 0.25) is 0 Å². The van der Waals surface area contributed by atoms with Crippen LogP contribution in [0, 0.1) is 6.92 Å². The molecular formula is C24H27N5O3. The Labute approximate surface area is 186 Å². The summed E-state index contributed by atoms with van der Waals surface area (Å²) in [5, 5.41) is 3.72. The van der Waals surface area contributed by atoms with E-state index in [2.05, 4.69) is 10.3 Å². The first-order valence-electron chi connectivity index (χ1n) is 10.1. The van der Waals surface area contributed by atoms with Crippen molar-refractivity contribution in [2.45, 2.75) is 27.3 Å². The van der Waals surface area contributed by atoms with Gasteiger partial charge >= 0.3 is 5.97 Å². The molecule has 1 amide bonds. The summed E-state index contributed by atoms with van der Waals surface area (Å²) in [6, 6.07) is 16.8. The number of allylic oxidation sites excluding steroid dienone is 2. The molecule has 1 heterocycles. The Morgan fingerprint density at radius 1 is 1.09 bits per heavy atom. The van der Waals surface area contributed by atoms with Crippen LogP contribution in [-0.4, -0.2) is 28.8 Å². The number of carbonyl (C=O) groups is 2. The Hall–Kier alpha value is -4.07. The van der Waals surface area contributed by atoms with E-state index in [9.17, 15) is 9.59 Å². The molecule has 8 heteroatoms. The van der Waals surface area contributed by atoms with Crippen LogP contribution in [0.4, 0.5) is 11.4 Å². The van der Waals surface area contributed by atoms with Gasteiger partial charge in [0, 0.05) is 22.6 Å². The Morgan fingerprint density at radius 2 is 1.78 bits per heavy atom. The van der Waals surface area contributed by atoms with Crippen molar-refractivity contribution >= 4 is 39.9 Å². The van der Waals surface area contributed by atoms with E-state index in [1.807, 2.05) is 41.8 Å². The highest BCUT2D eigenvalue weighted by atomic mass is 16.5. The fourth-order valence-corrected chi connectivity index (χ4v) is 3.33. The number of aliphatic imine (C=N–C) groups is 1. The fraction of sp³-hybridized carbons (Fsp3) is 0.208. The maximum absolute atomic E-state index is 12.4. The molecule has 0 aliphatic carbocycles. The van der Waals surface area contributed by atoms with E-state index in [4.69, 9.17) is 16.2 Å². The van der Waals surface area contributed by atoms with E-state index in [0.717, 1.165) is 16.6 Å². The van der Waals surface area contributed by atoms with Gasteiger partial charge in [0.15, 0.2) is 6.61 Å². The van der Waals surface area contributed by atoms with Gasteiger partial charge in [-0.1, -0.05) is 18.2 Å². The Bertz CT molecular complexity index is 1200. The summed E-state index contributed by atoms with van der Waals surface area (Å²) in [4.78, 5) is 29.2. The summed E-state index contributed by atoms with van der Waals surface area (Å²) < 4.78 is 7.04. The second-order valence-corrected chi connectivity index (χ2v) is 7.49. The molecule has 0 saturated carbocycles. The molecule has 0 aliphatic heterocycles. The van der Waals surface area contributed by atoms with Crippen LogP contribution >= 0.6 is 0 Å². The molecule has 0 spiro atoms. The summed E-state index contributed by atoms with van der Waals surface area (Å²) in [6.07, 6.45) is 0. The van der Waals surface area contributed by atoms with Crippen LogP contribution in [0.5, 0.6) is 0 Å². The van der Waals surface area contributed by atoms with E-state index >= 15 is 0 Å². The van der Waals surface area contributed by atoms with Crippen LogP contribution in [0.25, 0.3) is 10.9 Å². The predicted molar refractivity (Wildman–Crippen MR) is 126 cm³/mol. The second kappa shape index (κ2) is 9.82. The molecule has 0 radical (unpaired) electrons. The van der Waals surface area contributed by atoms with E-state index in [1.54, 1.807) is 38.1 Å². The third-order valence-corrected chi connectivity index (χ3v) is 4.88.